The number of hydrogen-bond acceptors (Lipinski definition) is 4. The van der Waals surface area contributed by atoms with Gasteiger partial charge in [0.15, 0.2) is 12.4 Å². The van der Waals surface area contributed by atoms with Crippen LogP contribution < -0.4 is 4.90 Å². The van der Waals surface area contributed by atoms with Gasteiger partial charge in [0.2, 0.25) is 5.91 Å². The van der Waals surface area contributed by atoms with E-state index in [2.05, 4.69) is 0 Å². The Labute approximate surface area is 150 Å². The number of ether oxygens (including phenoxy) is 1. The van der Waals surface area contributed by atoms with Gasteiger partial charge in [0.05, 0.1) is 11.3 Å². The summed E-state index contributed by atoms with van der Waals surface area (Å²) in [6, 6.07) is 13.1. The summed E-state index contributed by atoms with van der Waals surface area (Å²) < 4.78 is 5.15. The molecule has 5 nitrogen and oxygen atoms in total. The van der Waals surface area contributed by atoms with Gasteiger partial charge in [-0.15, -0.1) is 0 Å². The average molecular weight is 358 g/mol. The molecule has 1 fully saturated rings. The lowest BCUT2D eigenvalue weighted by Gasteiger charge is -2.18. The number of halogens is 1. The molecule has 0 aromatic heterocycles. The third-order valence-corrected chi connectivity index (χ3v) is 4.24. The normalized spacial score (nSPS) is 13.8. The van der Waals surface area contributed by atoms with Crippen LogP contribution in [-0.2, 0) is 9.53 Å². The summed E-state index contributed by atoms with van der Waals surface area (Å²) in [5.41, 5.74) is 1.22. The Bertz CT molecular complexity index is 816. The number of para-hydroxylation sites is 1. The molecule has 0 unspecified atom stereocenters. The van der Waals surface area contributed by atoms with Crippen LogP contribution in [0, 0.1) is 0 Å². The number of ketones is 1. The maximum atomic E-state index is 12.4. The van der Waals surface area contributed by atoms with E-state index < -0.39 is 5.97 Å². The Morgan fingerprint density at radius 3 is 2.48 bits per heavy atom. The molecule has 128 valence electrons. The van der Waals surface area contributed by atoms with Crippen molar-refractivity contribution in [1.82, 2.24) is 0 Å². The first-order valence-electron chi connectivity index (χ1n) is 7.91. The van der Waals surface area contributed by atoms with Crippen molar-refractivity contribution in [2.24, 2.45) is 0 Å². The lowest BCUT2D eigenvalue weighted by atomic mass is 10.1. The van der Waals surface area contributed by atoms with E-state index in [4.69, 9.17) is 16.3 Å². The molecule has 2 aromatic carbocycles. The van der Waals surface area contributed by atoms with Gasteiger partial charge in [0.1, 0.15) is 0 Å². The summed E-state index contributed by atoms with van der Waals surface area (Å²) in [6.45, 7) is 0.204. The second-order valence-electron chi connectivity index (χ2n) is 5.67. The van der Waals surface area contributed by atoms with Gasteiger partial charge in [0, 0.05) is 23.6 Å². The molecule has 1 amide bonds. The van der Waals surface area contributed by atoms with Crippen molar-refractivity contribution in [3.63, 3.8) is 0 Å². The number of carbonyl (C=O) groups is 3. The summed E-state index contributed by atoms with van der Waals surface area (Å²) in [7, 11) is 0. The van der Waals surface area contributed by atoms with E-state index in [9.17, 15) is 14.4 Å². The third kappa shape index (κ3) is 3.88. The summed E-state index contributed by atoms with van der Waals surface area (Å²) in [4.78, 5) is 38.0. The zero-order valence-electron chi connectivity index (χ0n) is 13.4. The van der Waals surface area contributed by atoms with E-state index in [1.807, 2.05) is 0 Å². The maximum absolute atomic E-state index is 12.4. The minimum absolute atomic E-state index is 0.0162. The van der Waals surface area contributed by atoms with Crippen LogP contribution in [0.5, 0.6) is 0 Å². The summed E-state index contributed by atoms with van der Waals surface area (Å²) in [5.74, 6) is -0.963. The highest BCUT2D eigenvalue weighted by Gasteiger charge is 2.26. The van der Waals surface area contributed by atoms with Crippen LogP contribution in [0.15, 0.2) is 48.5 Å². The van der Waals surface area contributed by atoms with Crippen molar-refractivity contribution >= 4 is 34.9 Å². The Hall–Kier alpha value is -2.66. The predicted octanol–water partition coefficient (Wildman–Crippen LogP) is 3.51. The second-order valence-corrected chi connectivity index (χ2v) is 6.11. The van der Waals surface area contributed by atoms with Gasteiger partial charge in [0.25, 0.3) is 0 Å². The molecule has 0 radical (unpaired) electrons. The van der Waals surface area contributed by atoms with Crippen LogP contribution in [-0.4, -0.2) is 30.8 Å². The quantitative estimate of drug-likeness (QED) is 0.607. The molecular weight excluding hydrogens is 342 g/mol. The molecule has 0 atom stereocenters. The van der Waals surface area contributed by atoms with Crippen LogP contribution in [0.2, 0.25) is 5.02 Å². The molecule has 25 heavy (non-hydrogen) atoms. The number of Topliss-reactive ketones (excluding diaryl/α,β-unsaturated/α-hetero) is 1. The van der Waals surface area contributed by atoms with E-state index in [-0.39, 0.29) is 23.9 Å². The van der Waals surface area contributed by atoms with Gasteiger partial charge in [-0.25, -0.2) is 4.79 Å². The Balaban J connectivity index is 1.70. The molecule has 1 aliphatic heterocycles. The molecule has 2 aromatic rings. The van der Waals surface area contributed by atoms with Crippen molar-refractivity contribution in [2.75, 3.05) is 18.1 Å². The zero-order chi connectivity index (χ0) is 17.8. The summed E-state index contributed by atoms with van der Waals surface area (Å²) in [6.07, 6.45) is 1.23. The second kappa shape index (κ2) is 7.49. The maximum Gasteiger partial charge on any atom is 0.340 e. The van der Waals surface area contributed by atoms with E-state index in [1.54, 1.807) is 53.4 Å². The van der Waals surface area contributed by atoms with Crippen LogP contribution in [0.3, 0.4) is 0 Å². The van der Waals surface area contributed by atoms with E-state index >= 15 is 0 Å². The van der Waals surface area contributed by atoms with Crippen LogP contribution in [0.4, 0.5) is 5.69 Å². The largest absolute Gasteiger partial charge is 0.454 e. The van der Waals surface area contributed by atoms with Crippen molar-refractivity contribution in [2.45, 2.75) is 12.8 Å². The molecule has 0 aliphatic carbocycles. The first-order valence-corrected chi connectivity index (χ1v) is 8.29. The fourth-order valence-electron chi connectivity index (χ4n) is 2.71. The number of amides is 1. The molecule has 0 N–H and O–H groups in total. The van der Waals surface area contributed by atoms with Crippen molar-refractivity contribution in [1.29, 1.82) is 0 Å². The number of esters is 1. The average Bonchev–Trinajstić information content (AvgIpc) is 3.06. The smallest absolute Gasteiger partial charge is 0.340 e. The first-order chi connectivity index (χ1) is 12.1. The molecule has 3 rings (SSSR count). The predicted molar refractivity (Wildman–Crippen MR) is 94.1 cm³/mol. The molecule has 0 saturated carbocycles. The molecule has 6 heteroatoms. The molecule has 0 spiro atoms. The molecule has 1 saturated heterocycles. The fraction of sp³-hybridized carbons (Fsp3) is 0.211. The lowest BCUT2D eigenvalue weighted by molar-refractivity contribution is -0.117. The van der Waals surface area contributed by atoms with Gasteiger partial charge in [-0.3, -0.25) is 9.59 Å². The van der Waals surface area contributed by atoms with Crippen LogP contribution >= 0.6 is 11.6 Å². The minimum atomic E-state index is -0.627. The Kier molecular flexibility index (Phi) is 5.14. The SMILES string of the molecule is O=C(COC(=O)c1ccccc1N1CCCC1=O)c1ccc(Cl)cc1. The van der Waals surface area contributed by atoms with Gasteiger partial charge in [-0.05, 0) is 42.8 Å². The molecule has 0 bridgehead atoms. The van der Waals surface area contributed by atoms with E-state index in [1.165, 1.54) is 0 Å². The van der Waals surface area contributed by atoms with Gasteiger partial charge in [-0.1, -0.05) is 23.7 Å². The Morgan fingerprint density at radius 1 is 1.08 bits per heavy atom. The highest BCUT2D eigenvalue weighted by atomic mass is 35.5. The topological polar surface area (TPSA) is 63.7 Å². The first kappa shape index (κ1) is 17.2. The van der Waals surface area contributed by atoms with E-state index in [0.717, 1.165) is 6.42 Å². The number of nitrogens with zero attached hydrogens (tertiary/aromatic N) is 1. The molecular formula is C19H16ClNO4. The zero-order valence-corrected chi connectivity index (χ0v) is 14.2. The number of anilines is 1. The van der Waals surface area contributed by atoms with E-state index in [0.29, 0.717) is 29.2 Å². The van der Waals surface area contributed by atoms with Crippen LogP contribution in [0.25, 0.3) is 0 Å². The monoisotopic (exact) mass is 357 g/mol. The lowest BCUT2D eigenvalue weighted by Crippen LogP contribution is -2.26. The van der Waals surface area contributed by atoms with Crippen molar-refractivity contribution in [3.8, 4) is 0 Å². The van der Waals surface area contributed by atoms with Gasteiger partial charge in [-0.2, -0.15) is 0 Å². The van der Waals surface area contributed by atoms with Crippen molar-refractivity contribution < 1.29 is 19.1 Å². The summed E-state index contributed by atoms with van der Waals surface area (Å²) >= 11 is 5.79. The Morgan fingerprint density at radius 2 is 1.80 bits per heavy atom. The highest BCUT2D eigenvalue weighted by molar-refractivity contribution is 6.30. The minimum Gasteiger partial charge on any atom is -0.454 e. The van der Waals surface area contributed by atoms with Crippen LogP contribution in [0.1, 0.15) is 33.6 Å². The molecule has 1 heterocycles. The number of carbonyl (C=O) groups excluding carboxylic acids is 3. The standard InChI is InChI=1S/C19H16ClNO4/c20-14-9-7-13(8-10-14)17(22)12-25-19(24)15-4-1-2-5-16(15)21-11-3-6-18(21)23/h1-2,4-5,7-10H,3,6,11-12H2. The number of benzene rings is 2. The third-order valence-electron chi connectivity index (χ3n) is 3.99. The molecule has 1 aliphatic rings. The van der Waals surface area contributed by atoms with Crippen molar-refractivity contribution in [3.05, 3.63) is 64.7 Å². The number of hydrogen-bond donors (Lipinski definition) is 0. The summed E-state index contributed by atoms with van der Waals surface area (Å²) in [5, 5.41) is 0.526. The van der Waals surface area contributed by atoms with Gasteiger partial charge >= 0.3 is 5.97 Å². The highest BCUT2D eigenvalue weighted by Crippen LogP contribution is 2.26. The van der Waals surface area contributed by atoms with Gasteiger partial charge < -0.3 is 9.64 Å². The fourth-order valence-corrected chi connectivity index (χ4v) is 2.84. The number of rotatable bonds is 5.